The van der Waals surface area contributed by atoms with Gasteiger partial charge < -0.3 is 14.1 Å². The van der Waals surface area contributed by atoms with Crippen LogP contribution >= 0.6 is 0 Å². The number of benzene rings is 2. The molecule has 2 aromatic heterocycles. The number of H-pyrrole nitrogens is 1. The molecule has 0 fully saturated rings. The number of esters is 1. The number of aromatic nitrogens is 2. The van der Waals surface area contributed by atoms with Gasteiger partial charge >= 0.3 is 11.7 Å². The van der Waals surface area contributed by atoms with Gasteiger partial charge in [0.15, 0.2) is 11.7 Å². The third-order valence-corrected chi connectivity index (χ3v) is 4.65. The van der Waals surface area contributed by atoms with Crippen molar-refractivity contribution in [2.75, 3.05) is 0 Å². The second kappa shape index (κ2) is 7.19. The Morgan fingerprint density at radius 3 is 2.75 bits per heavy atom. The van der Waals surface area contributed by atoms with Crippen molar-refractivity contribution in [3.63, 3.8) is 0 Å². The SMILES string of the molecule is CC(OC(=O)CCn1c(=O)oc2ccccc21)C(=O)c1c[nH]c2ccccc12. The van der Waals surface area contributed by atoms with Gasteiger partial charge in [-0.2, -0.15) is 0 Å². The Bertz CT molecular complexity index is 1230. The molecular weight excluding hydrogens is 360 g/mol. The first-order valence-electron chi connectivity index (χ1n) is 8.93. The van der Waals surface area contributed by atoms with E-state index in [-0.39, 0.29) is 18.7 Å². The molecule has 1 N–H and O–H groups in total. The summed E-state index contributed by atoms with van der Waals surface area (Å²) in [4.78, 5) is 39.8. The van der Waals surface area contributed by atoms with E-state index >= 15 is 0 Å². The Hall–Kier alpha value is -3.61. The fourth-order valence-corrected chi connectivity index (χ4v) is 3.23. The van der Waals surface area contributed by atoms with Gasteiger partial charge in [-0.3, -0.25) is 14.2 Å². The van der Waals surface area contributed by atoms with Gasteiger partial charge in [0.25, 0.3) is 0 Å². The maximum absolute atomic E-state index is 12.6. The molecule has 0 saturated heterocycles. The number of hydrogen-bond acceptors (Lipinski definition) is 5. The van der Waals surface area contributed by atoms with Crippen molar-refractivity contribution in [3.8, 4) is 0 Å². The molecule has 2 heterocycles. The zero-order valence-electron chi connectivity index (χ0n) is 15.2. The van der Waals surface area contributed by atoms with Crippen molar-refractivity contribution in [3.05, 3.63) is 70.8 Å². The van der Waals surface area contributed by atoms with Gasteiger partial charge in [-0.1, -0.05) is 30.3 Å². The number of nitrogens with zero attached hydrogens (tertiary/aromatic N) is 1. The summed E-state index contributed by atoms with van der Waals surface area (Å²) in [5, 5.41) is 0.784. The topological polar surface area (TPSA) is 94.3 Å². The molecule has 0 spiro atoms. The number of nitrogens with one attached hydrogen (secondary N) is 1. The van der Waals surface area contributed by atoms with Gasteiger partial charge in [-0.15, -0.1) is 0 Å². The van der Waals surface area contributed by atoms with E-state index < -0.39 is 17.8 Å². The lowest BCUT2D eigenvalue weighted by atomic mass is 10.1. The van der Waals surface area contributed by atoms with Crippen LogP contribution in [-0.2, 0) is 16.1 Å². The average molecular weight is 378 g/mol. The van der Waals surface area contributed by atoms with Crippen LogP contribution < -0.4 is 5.76 Å². The molecule has 4 rings (SSSR count). The Labute approximate surface area is 159 Å². The highest BCUT2D eigenvalue weighted by molar-refractivity contribution is 6.10. The number of ketones is 1. The Morgan fingerprint density at radius 2 is 1.89 bits per heavy atom. The molecule has 142 valence electrons. The number of ether oxygens (including phenoxy) is 1. The molecule has 0 aliphatic carbocycles. The quantitative estimate of drug-likeness (QED) is 0.410. The summed E-state index contributed by atoms with van der Waals surface area (Å²) < 4.78 is 11.8. The standard InChI is InChI=1S/C21H18N2O5/c1-13(20(25)15-12-22-16-7-3-2-6-14(15)16)27-19(24)10-11-23-17-8-4-5-9-18(17)28-21(23)26/h2-9,12-13,22H,10-11H2,1H3. The maximum atomic E-state index is 12.6. The molecule has 4 aromatic rings. The third kappa shape index (κ3) is 3.22. The number of oxazole rings is 1. The molecule has 7 nitrogen and oxygen atoms in total. The summed E-state index contributed by atoms with van der Waals surface area (Å²) in [6, 6.07) is 14.4. The van der Waals surface area contributed by atoms with E-state index in [1.54, 1.807) is 37.4 Å². The number of para-hydroxylation sites is 3. The Morgan fingerprint density at radius 1 is 1.14 bits per heavy atom. The van der Waals surface area contributed by atoms with Crippen LogP contribution in [0.15, 0.2) is 63.9 Å². The fourth-order valence-electron chi connectivity index (χ4n) is 3.23. The molecule has 0 bridgehead atoms. The van der Waals surface area contributed by atoms with Crippen LogP contribution in [0.2, 0.25) is 0 Å². The molecule has 1 unspecified atom stereocenters. The molecule has 0 saturated carbocycles. The number of aromatic amines is 1. The van der Waals surface area contributed by atoms with Crippen molar-refractivity contribution in [1.29, 1.82) is 0 Å². The second-order valence-corrected chi connectivity index (χ2v) is 6.48. The molecule has 0 amide bonds. The normalized spacial score (nSPS) is 12.3. The van der Waals surface area contributed by atoms with E-state index in [1.165, 1.54) is 4.57 Å². The summed E-state index contributed by atoms with van der Waals surface area (Å²) in [5.74, 6) is -1.37. The van der Waals surface area contributed by atoms with Crippen molar-refractivity contribution < 1.29 is 18.7 Å². The molecular formula is C21H18N2O5. The number of hydrogen-bond donors (Lipinski definition) is 1. The average Bonchev–Trinajstić information content (AvgIpc) is 3.26. The molecule has 0 aliphatic heterocycles. The van der Waals surface area contributed by atoms with E-state index in [4.69, 9.17) is 9.15 Å². The smallest absolute Gasteiger partial charge is 0.419 e. The first-order valence-corrected chi connectivity index (χ1v) is 8.93. The lowest BCUT2D eigenvalue weighted by Crippen LogP contribution is -2.25. The molecule has 0 aliphatic rings. The molecule has 28 heavy (non-hydrogen) atoms. The predicted octanol–water partition coefficient (Wildman–Crippen LogP) is 3.28. The van der Waals surface area contributed by atoms with Crippen LogP contribution in [0.4, 0.5) is 0 Å². The van der Waals surface area contributed by atoms with Crippen molar-refractivity contribution in [1.82, 2.24) is 9.55 Å². The number of Topliss-reactive ketones (excluding diaryl/α,β-unsaturated/α-hetero) is 1. The number of carbonyl (C=O) groups is 2. The summed E-state index contributed by atoms with van der Waals surface area (Å²) in [6.07, 6.45) is 0.646. The van der Waals surface area contributed by atoms with Gasteiger partial charge in [0.05, 0.1) is 11.9 Å². The first kappa shape index (κ1) is 17.8. The Kier molecular flexibility index (Phi) is 4.57. The van der Waals surface area contributed by atoms with Crippen LogP contribution in [0.1, 0.15) is 23.7 Å². The molecule has 1 atom stereocenters. The highest BCUT2D eigenvalue weighted by Gasteiger charge is 2.22. The third-order valence-electron chi connectivity index (χ3n) is 4.65. The zero-order valence-corrected chi connectivity index (χ0v) is 15.2. The highest BCUT2D eigenvalue weighted by atomic mass is 16.5. The fraction of sp³-hybridized carbons (Fsp3) is 0.190. The predicted molar refractivity (Wildman–Crippen MR) is 103 cm³/mol. The number of fused-ring (bicyclic) bond motifs is 2. The van der Waals surface area contributed by atoms with E-state index in [0.29, 0.717) is 16.7 Å². The monoisotopic (exact) mass is 378 g/mol. The van der Waals surface area contributed by atoms with Crippen LogP contribution in [0.25, 0.3) is 22.0 Å². The number of rotatable bonds is 6. The van der Waals surface area contributed by atoms with Crippen LogP contribution in [0, 0.1) is 0 Å². The largest absolute Gasteiger partial charge is 0.454 e. The number of aryl methyl sites for hydroxylation is 1. The van der Waals surface area contributed by atoms with Crippen molar-refractivity contribution in [2.24, 2.45) is 0 Å². The van der Waals surface area contributed by atoms with Gasteiger partial charge in [0.2, 0.25) is 5.78 Å². The highest BCUT2D eigenvalue weighted by Crippen LogP contribution is 2.20. The summed E-state index contributed by atoms with van der Waals surface area (Å²) in [5.41, 5.74) is 2.40. The molecule has 2 aromatic carbocycles. The van der Waals surface area contributed by atoms with Crippen molar-refractivity contribution >= 4 is 33.8 Å². The van der Waals surface area contributed by atoms with Crippen LogP contribution in [0.3, 0.4) is 0 Å². The summed E-state index contributed by atoms with van der Waals surface area (Å²) in [7, 11) is 0. The lowest BCUT2D eigenvalue weighted by Gasteiger charge is -2.12. The molecule has 7 heteroatoms. The maximum Gasteiger partial charge on any atom is 0.419 e. The Balaban J connectivity index is 1.42. The summed E-state index contributed by atoms with van der Waals surface area (Å²) >= 11 is 0. The first-order chi connectivity index (χ1) is 13.5. The number of carbonyl (C=O) groups excluding carboxylic acids is 2. The van der Waals surface area contributed by atoms with Crippen molar-refractivity contribution in [2.45, 2.75) is 26.0 Å². The van der Waals surface area contributed by atoms with Gasteiger partial charge in [0, 0.05) is 29.2 Å². The van der Waals surface area contributed by atoms with Gasteiger partial charge in [-0.25, -0.2) is 4.79 Å². The van der Waals surface area contributed by atoms with Gasteiger partial charge in [0.1, 0.15) is 0 Å². The molecule has 0 radical (unpaired) electrons. The van der Waals surface area contributed by atoms with Gasteiger partial charge in [-0.05, 0) is 25.1 Å². The second-order valence-electron chi connectivity index (χ2n) is 6.48. The zero-order chi connectivity index (χ0) is 19.7. The van der Waals surface area contributed by atoms with E-state index in [9.17, 15) is 14.4 Å². The van der Waals surface area contributed by atoms with E-state index in [1.807, 2.05) is 24.3 Å². The minimum absolute atomic E-state index is 0.0467. The van der Waals surface area contributed by atoms with E-state index in [0.717, 1.165) is 10.9 Å². The van der Waals surface area contributed by atoms with Crippen LogP contribution in [-0.4, -0.2) is 27.4 Å². The summed E-state index contributed by atoms with van der Waals surface area (Å²) in [6.45, 7) is 1.66. The minimum atomic E-state index is -0.926. The van der Waals surface area contributed by atoms with Crippen LogP contribution in [0.5, 0.6) is 0 Å². The minimum Gasteiger partial charge on any atom is -0.454 e. The van der Waals surface area contributed by atoms with E-state index in [2.05, 4.69) is 4.98 Å². The lowest BCUT2D eigenvalue weighted by molar-refractivity contribution is -0.146.